The topological polar surface area (TPSA) is 70.9 Å². The summed E-state index contributed by atoms with van der Waals surface area (Å²) >= 11 is 0. The quantitative estimate of drug-likeness (QED) is 0.261. The van der Waals surface area contributed by atoms with Gasteiger partial charge in [0, 0.05) is 20.1 Å². The molecule has 76 valence electrons. The summed E-state index contributed by atoms with van der Waals surface area (Å²) in [6.45, 7) is 4.38. The average molecular weight is 185 g/mol. The van der Waals surface area contributed by atoms with Crippen LogP contribution in [0.15, 0.2) is 5.10 Å². The van der Waals surface area contributed by atoms with Crippen LogP contribution in [0.5, 0.6) is 0 Å². The maximum atomic E-state index is 5.53. The normalized spacial score (nSPS) is 19.3. The van der Waals surface area contributed by atoms with Crippen molar-refractivity contribution in [1.29, 1.82) is 0 Å². The second-order valence-corrected chi connectivity index (χ2v) is 3.46. The fourth-order valence-corrected chi connectivity index (χ4v) is 1.51. The zero-order valence-corrected chi connectivity index (χ0v) is 8.24. The van der Waals surface area contributed by atoms with Crippen LogP contribution in [0, 0.1) is 0 Å². The second-order valence-electron chi connectivity index (χ2n) is 3.46. The smallest absolute Gasteiger partial charge is 0.213 e. The van der Waals surface area contributed by atoms with E-state index in [0.29, 0.717) is 5.96 Å². The molecule has 1 rings (SSSR count). The van der Waals surface area contributed by atoms with Crippen LogP contribution in [0.1, 0.15) is 12.8 Å². The van der Waals surface area contributed by atoms with Crippen LogP contribution in [0.25, 0.3) is 0 Å². The van der Waals surface area contributed by atoms with Crippen molar-refractivity contribution in [3.63, 3.8) is 0 Å². The summed E-state index contributed by atoms with van der Waals surface area (Å²) in [5, 5.41) is 3.44. The molecule has 0 aromatic carbocycles. The number of likely N-dealkylation sites (N-methyl/N-ethyl adjacent to an activating group) is 1. The van der Waals surface area contributed by atoms with Crippen LogP contribution in [0.4, 0.5) is 0 Å². The van der Waals surface area contributed by atoms with Gasteiger partial charge in [-0.15, -0.1) is 5.10 Å². The highest BCUT2D eigenvalue weighted by molar-refractivity contribution is 5.77. The first kappa shape index (κ1) is 10.1. The molecule has 5 nitrogen and oxygen atoms in total. The van der Waals surface area contributed by atoms with Gasteiger partial charge in [-0.2, -0.15) is 0 Å². The molecule has 0 aliphatic carbocycles. The highest BCUT2D eigenvalue weighted by Crippen LogP contribution is 2.06. The molecule has 1 aliphatic rings. The lowest BCUT2D eigenvalue weighted by Gasteiger charge is -2.21. The summed E-state index contributed by atoms with van der Waals surface area (Å²) in [7, 11) is 1.90. The van der Waals surface area contributed by atoms with E-state index in [2.05, 4.69) is 10.0 Å². The maximum Gasteiger partial charge on any atom is 0.213 e. The Morgan fingerprint density at radius 3 is 2.62 bits per heavy atom. The molecule has 0 atom stereocenters. The van der Waals surface area contributed by atoms with Gasteiger partial charge < -0.3 is 21.4 Å². The molecule has 0 aromatic rings. The van der Waals surface area contributed by atoms with E-state index in [9.17, 15) is 0 Å². The molecule has 1 aliphatic heterocycles. The van der Waals surface area contributed by atoms with Crippen LogP contribution in [-0.2, 0) is 0 Å². The van der Waals surface area contributed by atoms with Crippen LogP contribution in [0.2, 0.25) is 0 Å². The number of likely N-dealkylation sites (tertiary alicyclic amines) is 1. The molecule has 0 saturated carbocycles. The summed E-state index contributed by atoms with van der Waals surface area (Å²) in [6.07, 6.45) is 2.65. The van der Waals surface area contributed by atoms with E-state index in [1.165, 1.54) is 25.9 Å². The van der Waals surface area contributed by atoms with Gasteiger partial charge in [0.05, 0.1) is 0 Å². The highest BCUT2D eigenvalue weighted by atomic mass is 15.3. The third-order valence-corrected chi connectivity index (χ3v) is 2.47. The molecular weight excluding hydrogens is 166 g/mol. The number of hydrogen-bond donors (Lipinski definition) is 2. The third-order valence-electron chi connectivity index (χ3n) is 2.47. The molecule has 1 heterocycles. The maximum absolute atomic E-state index is 5.53. The molecule has 0 unspecified atom stereocenters. The van der Waals surface area contributed by atoms with E-state index in [0.717, 1.165) is 13.1 Å². The summed E-state index contributed by atoms with van der Waals surface area (Å²) in [6, 6.07) is 0. The Morgan fingerprint density at radius 2 is 2.08 bits per heavy atom. The van der Waals surface area contributed by atoms with Crippen molar-refractivity contribution in [2.24, 2.45) is 16.7 Å². The van der Waals surface area contributed by atoms with Gasteiger partial charge >= 0.3 is 0 Å². The highest BCUT2D eigenvalue weighted by Gasteiger charge is 2.11. The number of hydrazone groups is 1. The van der Waals surface area contributed by atoms with E-state index >= 15 is 0 Å². The molecule has 13 heavy (non-hydrogen) atoms. The van der Waals surface area contributed by atoms with E-state index in [1.54, 1.807) is 0 Å². The fourth-order valence-electron chi connectivity index (χ4n) is 1.51. The molecule has 4 N–H and O–H groups in total. The molecule has 1 fully saturated rings. The minimum Gasteiger partial charge on any atom is -0.368 e. The molecular formula is C8H19N5. The van der Waals surface area contributed by atoms with Crippen LogP contribution < -0.4 is 11.6 Å². The van der Waals surface area contributed by atoms with Gasteiger partial charge in [0.1, 0.15) is 0 Å². The van der Waals surface area contributed by atoms with Gasteiger partial charge in [-0.1, -0.05) is 0 Å². The Morgan fingerprint density at radius 1 is 1.46 bits per heavy atom. The van der Waals surface area contributed by atoms with Crippen molar-refractivity contribution >= 4 is 5.96 Å². The van der Waals surface area contributed by atoms with Crippen LogP contribution in [-0.4, -0.2) is 49.0 Å². The largest absolute Gasteiger partial charge is 0.368 e. The number of hydrogen-bond acceptors (Lipinski definition) is 3. The Kier molecular flexibility index (Phi) is 3.82. The lowest BCUT2D eigenvalue weighted by atomic mass is 10.4. The van der Waals surface area contributed by atoms with Gasteiger partial charge in [0.2, 0.25) is 5.96 Å². The SMILES string of the molecule is CN(CCN1CCCC1)C(N)=NN. The van der Waals surface area contributed by atoms with Gasteiger partial charge in [-0.05, 0) is 25.9 Å². The van der Waals surface area contributed by atoms with Crippen molar-refractivity contribution in [2.75, 3.05) is 33.2 Å². The molecule has 0 spiro atoms. The summed E-state index contributed by atoms with van der Waals surface area (Å²) in [5.74, 6) is 5.47. The van der Waals surface area contributed by atoms with E-state index < -0.39 is 0 Å². The molecule has 0 amide bonds. The molecule has 0 radical (unpaired) electrons. The molecule has 1 saturated heterocycles. The lowest BCUT2D eigenvalue weighted by Crippen LogP contribution is -2.39. The summed E-state index contributed by atoms with van der Waals surface area (Å²) in [5.41, 5.74) is 5.53. The Hall–Kier alpha value is -0.970. The number of nitrogens with two attached hydrogens (primary N) is 2. The minimum atomic E-state index is 0.402. The van der Waals surface area contributed by atoms with Gasteiger partial charge in [-0.25, -0.2) is 0 Å². The third kappa shape index (κ3) is 3.10. The van der Waals surface area contributed by atoms with Crippen LogP contribution in [0.3, 0.4) is 0 Å². The predicted octanol–water partition coefficient (Wildman–Crippen LogP) is -0.798. The van der Waals surface area contributed by atoms with E-state index in [4.69, 9.17) is 11.6 Å². The van der Waals surface area contributed by atoms with E-state index in [-0.39, 0.29) is 0 Å². The Labute approximate surface area is 79.4 Å². The average Bonchev–Trinajstić information content (AvgIpc) is 2.65. The number of guanidine groups is 1. The minimum absolute atomic E-state index is 0.402. The van der Waals surface area contributed by atoms with Gasteiger partial charge in [0.25, 0.3) is 0 Å². The monoisotopic (exact) mass is 185 g/mol. The first-order valence-electron chi connectivity index (χ1n) is 4.71. The van der Waals surface area contributed by atoms with Crippen molar-refractivity contribution in [3.8, 4) is 0 Å². The van der Waals surface area contributed by atoms with Crippen molar-refractivity contribution in [3.05, 3.63) is 0 Å². The van der Waals surface area contributed by atoms with Crippen molar-refractivity contribution in [2.45, 2.75) is 12.8 Å². The predicted molar refractivity (Wildman–Crippen MR) is 54.1 cm³/mol. The Balaban J connectivity index is 2.17. The standard InChI is InChI=1S/C8H19N5/c1-12(8(9)11-10)6-7-13-4-2-3-5-13/h2-7,10H2,1H3,(H2,9,11). The molecule has 0 bridgehead atoms. The number of rotatable bonds is 3. The fraction of sp³-hybridized carbons (Fsp3) is 0.875. The van der Waals surface area contributed by atoms with Crippen LogP contribution >= 0.6 is 0 Å². The zero-order valence-electron chi connectivity index (χ0n) is 8.24. The zero-order chi connectivity index (χ0) is 9.68. The van der Waals surface area contributed by atoms with Crippen molar-refractivity contribution < 1.29 is 0 Å². The molecule has 0 aromatic heterocycles. The van der Waals surface area contributed by atoms with Crippen molar-refractivity contribution in [1.82, 2.24) is 9.80 Å². The molecule has 5 heteroatoms. The van der Waals surface area contributed by atoms with E-state index in [1.807, 2.05) is 11.9 Å². The van der Waals surface area contributed by atoms with Gasteiger partial charge in [0.15, 0.2) is 0 Å². The summed E-state index contributed by atoms with van der Waals surface area (Å²) < 4.78 is 0. The second kappa shape index (κ2) is 4.91. The lowest BCUT2D eigenvalue weighted by molar-refractivity contribution is 0.306. The first-order chi connectivity index (χ1) is 6.24. The van der Waals surface area contributed by atoms with Gasteiger partial charge in [-0.3, -0.25) is 0 Å². The Bertz CT molecular complexity index is 173. The number of nitrogens with zero attached hydrogens (tertiary/aromatic N) is 3. The first-order valence-corrected chi connectivity index (χ1v) is 4.71. The summed E-state index contributed by atoms with van der Waals surface area (Å²) in [4.78, 5) is 4.30.